The van der Waals surface area contributed by atoms with Crippen LogP contribution in [0.15, 0.2) is 16.7 Å². The van der Waals surface area contributed by atoms with Gasteiger partial charge in [-0.25, -0.2) is 4.98 Å². The molecule has 22 heavy (non-hydrogen) atoms. The lowest BCUT2D eigenvalue weighted by Crippen LogP contribution is -2.43. The van der Waals surface area contributed by atoms with Crippen LogP contribution in [-0.2, 0) is 4.74 Å². The number of ether oxygens (including phenoxy) is 1. The Morgan fingerprint density at radius 2 is 2.14 bits per heavy atom. The smallest absolute Gasteiger partial charge is 0.247 e. The van der Waals surface area contributed by atoms with Gasteiger partial charge in [-0.2, -0.15) is 5.26 Å². The number of anilines is 1. The largest absolute Gasteiger partial charge is 0.423 e. The zero-order valence-corrected chi connectivity index (χ0v) is 12.8. The monoisotopic (exact) mass is 299 g/mol. The van der Waals surface area contributed by atoms with Crippen molar-refractivity contribution in [3.63, 3.8) is 0 Å². The van der Waals surface area contributed by atoms with Gasteiger partial charge in [0.2, 0.25) is 11.8 Å². The quantitative estimate of drug-likeness (QED) is 0.837. The fraction of sp³-hybridized carbons (Fsp3) is 0.467. The SMILES string of the molecule is Cc1nnc([C@H]2CN(c3nccc(C)c3C#N)C[C@@H](C)O2)o1. The number of hydrogen-bond acceptors (Lipinski definition) is 7. The first-order chi connectivity index (χ1) is 10.6. The minimum atomic E-state index is -0.321. The van der Waals surface area contributed by atoms with Crippen molar-refractivity contribution in [2.75, 3.05) is 18.0 Å². The number of hydrogen-bond donors (Lipinski definition) is 0. The van der Waals surface area contributed by atoms with Crippen LogP contribution in [0.4, 0.5) is 5.82 Å². The minimum Gasteiger partial charge on any atom is -0.423 e. The number of nitrogens with zero attached hydrogens (tertiary/aromatic N) is 5. The van der Waals surface area contributed by atoms with Crippen molar-refractivity contribution in [1.82, 2.24) is 15.2 Å². The van der Waals surface area contributed by atoms with Crippen molar-refractivity contribution >= 4 is 5.82 Å². The van der Waals surface area contributed by atoms with Crippen molar-refractivity contribution in [3.05, 3.63) is 35.2 Å². The van der Waals surface area contributed by atoms with E-state index in [4.69, 9.17) is 9.15 Å². The molecule has 2 aromatic heterocycles. The van der Waals surface area contributed by atoms with Crippen LogP contribution in [0.1, 0.15) is 35.9 Å². The first kappa shape index (κ1) is 14.5. The van der Waals surface area contributed by atoms with Gasteiger partial charge in [0, 0.05) is 19.7 Å². The normalized spacial score (nSPS) is 21.6. The molecule has 7 heteroatoms. The van der Waals surface area contributed by atoms with Gasteiger partial charge in [-0.3, -0.25) is 0 Å². The van der Waals surface area contributed by atoms with Crippen LogP contribution >= 0.6 is 0 Å². The summed E-state index contributed by atoms with van der Waals surface area (Å²) < 4.78 is 11.4. The molecular weight excluding hydrogens is 282 g/mol. The van der Waals surface area contributed by atoms with Gasteiger partial charge in [0.15, 0.2) is 6.10 Å². The average Bonchev–Trinajstić information content (AvgIpc) is 2.93. The highest BCUT2D eigenvalue weighted by atomic mass is 16.5. The van der Waals surface area contributed by atoms with Crippen molar-refractivity contribution in [3.8, 4) is 6.07 Å². The molecule has 0 bridgehead atoms. The van der Waals surface area contributed by atoms with E-state index in [2.05, 4.69) is 21.3 Å². The van der Waals surface area contributed by atoms with Gasteiger partial charge >= 0.3 is 0 Å². The molecule has 2 atom stereocenters. The Morgan fingerprint density at radius 1 is 1.32 bits per heavy atom. The van der Waals surface area contributed by atoms with E-state index in [0.717, 1.165) is 5.56 Å². The molecule has 1 saturated heterocycles. The molecule has 1 aliphatic heterocycles. The Morgan fingerprint density at radius 3 is 2.82 bits per heavy atom. The van der Waals surface area contributed by atoms with Crippen LogP contribution in [0.2, 0.25) is 0 Å². The topological polar surface area (TPSA) is 88.1 Å². The fourth-order valence-corrected chi connectivity index (χ4v) is 2.62. The first-order valence-electron chi connectivity index (χ1n) is 7.14. The molecular formula is C15H17N5O2. The van der Waals surface area contributed by atoms with Crippen LogP contribution in [-0.4, -0.2) is 34.4 Å². The van der Waals surface area contributed by atoms with Crippen LogP contribution in [0.5, 0.6) is 0 Å². The minimum absolute atomic E-state index is 0.0280. The summed E-state index contributed by atoms with van der Waals surface area (Å²) in [5, 5.41) is 17.3. The van der Waals surface area contributed by atoms with E-state index in [1.165, 1.54) is 0 Å². The zero-order valence-electron chi connectivity index (χ0n) is 12.8. The number of pyridine rings is 1. The Hall–Kier alpha value is -2.46. The molecule has 0 saturated carbocycles. The third-order valence-electron chi connectivity index (χ3n) is 3.63. The van der Waals surface area contributed by atoms with E-state index in [0.29, 0.717) is 36.3 Å². The molecule has 3 heterocycles. The number of aromatic nitrogens is 3. The van der Waals surface area contributed by atoms with Gasteiger partial charge in [-0.15, -0.1) is 10.2 Å². The van der Waals surface area contributed by atoms with Crippen molar-refractivity contribution in [2.24, 2.45) is 0 Å². The molecule has 3 rings (SSSR count). The summed E-state index contributed by atoms with van der Waals surface area (Å²) >= 11 is 0. The molecule has 0 spiro atoms. The maximum absolute atomic E-state index is 9.39. The van der Waals surface area contributed by atoms with Gasteiger partial charge in [-0.05, 0) is 25.5 Å². The van der Waals surface area contributed by atoms with Crippen molar-refractivity contribution < 1.29 is 9.15 Å². The lowest BCUT2D eigenvalue weighted by Gasteiger charge is -2.36. The number of aryl methyl sites for hydroxylation is 2. The molecule has 0 N–H and O–H groups in total. The molecule has 0 amide bonds. The highest BCUT2D eigenvalue weighted by Crippen LogP contribution is 2.29. The second-order valence-electron chi connectivity index (χ2n) is 5.44. The summed E-state index contributed by atoms with van der Waals surface area (Å²) in [5.41, 5.74) is 1.51. The van der Waals surface area contributed by atoms with Gasteiger partial charge in [0.1, 0.15) is 11.9 Å². The van der Waals surface area contributed by atoms with Crippen molar-refractivity contribution in [2.45, 2.75) is 33.0 Å². The summed E-state index contributed by atoms with van der Waals surface area (Å²) in [7, 11) is 0. The maximum atomic E-state index is 9.39. The van der Waals surface area contributed by atoms with Gasteiger partial charge < -0.3 is 14.1 Å². The lowest BCUT2D eigenvalue weighted by atomic mass is 10.1. The Kier molecular flexibility index (Phi) is 3.77. The van der Waals surface area contributed by atoms with E-state index in [1.807, 2.05) is 24.8 Å². The lowest BCUT2D eigenvalue weighted by molar-refractivity contribution is -0.0314. The third kappa shape index (κ3) is 2.65. The van der Waals surface area contributed by atoms with Crippen LogP contribution in [0.3, 0.4) is 0 Å². The molecule has 0 radical (unpaired) electrons. The molecule has 2 aromatic rings. The predicted molar refractivity (Wildman–Crippen MR) is 78.2 cm³/mol. The van der Waals surface area contributed by atoms with Crippen LogP contribution in [0.25, 0.3) is 0 Å². The summed E-state index contributed by atoms with van der Waals surface area (Å²) in [5.74, 6) is 1.65. The molecule has 7 nitrogen and oxygen atoms in total. The van der Waals surface area contributed by atoms with Gasteiger partial charge in [0.25, 0.3) is 0 Å². The maximum Gasteiger partial charge on any atom is 0.247 e. The molecule has 0 aromatic carbocycles. The van der Waals surface area contributed by atoms with Crippen LogP contribution < -0.4 is 4.90 Å². The Labute approximate surface area is 128 Å². The van der Waals surface area contributed by atoms with E-state index in [9.17, 15) is 5.26 Å². The second kappa shape index (κ2) is 5.73. The second-order valence-corrected chi connectivity index (χ2v) is 5.44. The zero-order chi connectivity index (χ0) is 15.7. The molecule has 1 aliphatic rings. The van der Waals surface area contributed by atoms with E-state index < -0.39 is 0 Å². The summed E-state index contributed by atoms with van der Waals surface area (Å²) in [6, 6.07) is 4.08. The van der Waals surface area contributed by atoms with E-state index >= 15 is 0 Å². The fourth-order valence-electron chi connectivity index (χ4n) is 2.62. The summed E-state index contributed by atoms with van der Waals surface area (Å²) in [6.07, 6.45) is 1.37. The van der Waals surface area contributed by atoms with E-state index in [1.54, 1.807) is 13.1 Å². The highest BCUT2D eigenvalue weighted by molar-refractivity contribution is 5.57. The summed E-state index contributed by atoms with van der Waals surface area (Å²) in [6.45, 7) is 6.82. The van der Waals surface area contributed by atoms with E-state index in [-0.39, 0.29) is 12.2 Å². The molecule has 0 unspecified atom stereocenters. The number of rotatable bonds is 2. The molecule has 114 valence electrons. The third-order valence-corrected chi connectivity index (χ3v) is 3.63. The average molecular weight is 299 g/mol. The van der Waals surface area contributed by atoms with Gasteiger partial charge in [0.05, 0.1) is 18.2 Å². The molecule has 1 fully saturated rings. The van der Waals surface area contributed by atoms with Gasteiger partial charge in [-0.1, -0.05) is 0 Å². The Bertz CT molecular complexity index is 721. The summed E-state index contributed by atoms with van der Waals surface area (Å²) in [4.78, 5) is 6.43. The standard InChI is InChI=1S/C15H17N5O2/c1-9-4-5-17-14(12(9)6-16)20-7-10(2)21-13(8-20)15-19-18-11(3)22-15/h4-5,10,13H,7-8H2,1-3H3/t10-,13-/m1/s1. The first-order valence-corrected chi connectivity index (χ1v) is 7.14. The highest BCUT2D eigenvalue weighted by Gasteiger charge is 2.32. The van der Waals surface area contributed by atoms with Crippen LogP contribution in [0, 0.1) is 25.2 Å². The Balaban J connectivity index is 1.92. The molecule has 0 aliphatic carbocycles. The number of nitriles is 1. The van der Waals surface area contributed by atoms with Crippen molar-refractivity contribution in [1.29, 1.82) is 5.26 Å². The predicted octanol–water partition coefficient (Wildman–Crippen LogP) is 1.92. The number of morpholine rings is 1.